The minimum absolute atomic E-state index is 0.414. The second-order valence-corrected chi connectivity index (χ2v) is 2.77. The Hall–Kier alpha value is -1.53. The first-order chi connectivity index (χ1) is 6.27. The van der Waals surface area contributed by atoms with Crippen LogP contribution in [0.3, 0.4) is 0 Å². The van der Waals surface area contributed by atoms with Crippen LogP contribution in [0.25, 0.3) is 0 Å². The molecule has 0 atom stereocenters. The van der Waals surface area contributed by atoms with Crippen LogP contribution in [-0.4, -0.2) is 13.8 Å². The van der Waals surface area contributed by atoms with Crippen molar-refractivity contribution < 1.29 is 4.74 Å². The number of hydrogen-bond acceptors (Lipinski definition) is 3. The molecule has 0 heterocycles. The molecule has 0 amide bonds. The molecule has 0 aliphatic heterocycles. The number of hydrogen-bond donors (Lipinski definition) is 1. The lowest BCUT2D eigenvalue weighted by Gasteiger charge is -2.06. The molecular weight excluding hydrogens is 164 g/mol. The molecule has 1 rings (SSSR count). The SMILES string of the molecule is COCNc1ccc(C)cc1C#N. The van der Waals surface area contributed by atoms with Crippen LogP contribution in [0.4, 0.5) is 5.69 Å². The minimum atomic E-state index is 0.414. The van der Waals surface area contributed by atoms with Crippen molar-refractivity contribution in [3.63, 3.8) is 0 Å². The maximum Gasteiger partial charge on any atom is 0.116 e. The Kier molecular flexibility index (Phi) is 3.30. The average Bonchev–Trinajstić information content (AvgIpc) is 2.16. The summed E-state index contributed by atoms with van der Waals surface area (Å²) in [5, 5.41) is 11.8. The van der Waals surface area contributed by atoms with Gasteiger partial charge in [-0.2, -0.15) is 5.26 Å². The van der Waals surface area contributed by atoms with Crippen molar-refractivity contribution in [1.29, 1.82) is 5.26 Å². The van der Waals surface area contributed by atoms with Gasteiger partial charge in [0.2, 0.25) is 0 Å². The molecule has 0 saturated heterocycles. The fraction of sp³-hybridized carbons (Fsp3) is 0.300. The van der Waals surface area contributed by atoms with E-state index in [2.05, 4.69) is 11.4 Å². The Morgan fingerprint density at radius 1 is 1.54 bits per heavy atom. The second-order valence-electron chi connectivity index (χ2n) is 2.77. The number of methoxy groups -OCH3 is 1. The van der Waals surface area contributed by atoms with Crippen molar-refractivity contribution in [1.82, 2.24) is 0 Å². The first-order valence-corrected chi connectivity index (χ1v) is 4.01. The predicted molar refractivity (Wildman–Crippen MR) is 51.4 cm³/mol. The van der Waals surface area contributed by atoms with Crippen LogP contribution in [-0.2, 0) is 4.74 Å². The second kappa shape index (κ2) is 4.48. The van der Waals surface area contributed by atoms with Gasteiger partial charge in [0.15, 0.2) is 0 Å². The van der Waals surface area contributed by atoms with Crippen molar-refractivity contribution in [2.75, 3.05) is 19.2 Å². The van der Waals surface area contributed by atoms with Gasteiger partial charge in [-0.3, -0.25) is 0 Å². The normalized spacial score (nSPS) is 9.31. The molecular formula is C10H12N2O. The summed E-state index contributed by atoms with van der Waals surface area (Å²) in [6.45, 7) is 2.37. The van der Waals surface area contributed by atoms with E-state index in [-0.39, 0.29) is 0 Å². The van der Waals surface area contributed by atoms with Gasteiger partial charge >= 0.3 is 0 Å². The zero-order valence-corrected chi connectivity index (χ0v) is 7.79. The molecule has 0 aliphatic carbocycles. The van der Waals surface area contributed by atoms with E-state index in [0.29, 0.717) is 12.3 Å². The highest BCUT2D eigenvalue weighted by Crippen LogP contribution is 2.15. The highest BCUT2D eigenvalue weighted by Gasteiger charge is 1.99. The maximum absolute atomic E-state index is 8.81. The van der Waals surface area contributed by atoms with E-state index in [1.54, 1.807) is 7.11 Å². The van der Waals surface area contributed by atoms with Crippen LogP contribution >= 0.6 is 0 Å². The number of nitrogens with zero attached hydrogens (tertiary/aromatic N) is 1. The van der Waals surface area contributed by atoms with Crippen molar-refractivity contribution in [2.24, 2.45) is 0 Å². The Morgan fingerprint density at radius 2 is 2.31 bits per heavy atom. The van der Waals surface area contributed by atoms with E-state index < -0.39 is 0 Å². The van der Waals surface area contributed by atoms with Gasteiger partial charge in [0.05, 0.1) is 11.3 Å². The molecule has 0 aliphatic rings. The Bertz CT molecular complexity index is 328. The van der Waals surface area contributed by atoms with Crippen LogP contribution in [0, 0.1) is 18.3 Å². The van der Waals surface area contributed by atoms with E-state index in [4.69, 9.17) is 10.00 Å². The Balaban J connectivity index is 2.88. The molecule has 13 heavy (non-hydrogen) atoms. The average molecular weight is 176 g/mol. The summed E-state index contributed by atoms with van der Waals surface area (Å²) in [6.07, 6.45) is 0. The molecule has 3 heteroatoms. The van der Waals surface area contributed by atoms with E-state index in [9.17, 15) is 0 Å². The summed E-state index contributed by atoms with van der Waals surface area (Å²) in [4.78, 5) is 0. The van der Waals surface area contributed by atoms with Crippen LogP contribution in [0.1, 0.15) is 11.1 Å². The lowest BCUT2D eigenvalue weighted by Crippen LogP contribution is -2.04. The number of benzene rings is 1. The fourth-order valence-corrected chi connectivity index (χ4v) is 1.05. The van der Waals surface area contributed by atoms with Crippen molar-refractivity contribution in [3.05, 3.63) is 29.3 Å². The summed E-state index contributed by atoms with van der Waals surface area (Å²) >= 11 is 0. The van der Waals surface area contributed by atoms with Gasteiger partial charge in [0.25, 0.3) is 0 Å². The molecule has 3 nitrogen and oxygen atoms in total. The van der Waals surface area contributed by atoms with Crippen molar-refractivity contribution >= 4 is 5.69 Å². The number of aryl methyl sites for hydroxylation is 1. The molecule has 68 valence electrons. The first kappa shape index (κ1) is 9.56. The standard InChI is InChI=1S/C10H12N2O/c1-8-3-4-10(12-7-13-2)9(5-8)6-11/h3-5,12H,7H2,1-2H3. The quantitative estimate of drug-likeness (QED) is 0.715. The lowest BCUT2D eigenvalue weighted by atomic mass is 10.1. The highest BCUT2D eigenvalue weighted by molar-refractivity contribution is 5.58. The molecule has 1 aromatic carbocycles. The van der Waals surface area contributed by atoms with Crippen molar-refractivity contribution in [2.45, 2.75) is 6.92 Å². The number of nitrogens with one attached hydrogen (secondary N) is 1. The van der Waals surface area contributed by atoms with E-state index in [1.165, 1.54) is 0 Å². The summed E-state index contributed by atoms with van der Waals surface area (Å²) in [7, 11) is 1.60. The molecule has 0 fully saturated rings. The molecule has 0 radical (unpaired) electrons. The lowest BCUT2D eigenvalue weighted by molar-refractivity contribution is 0.221. The third kappa shape index (κ3) is 2.46. The predicted octanol–water partition coefficient (Wildman–Crippen LogP) is 1.88. The molecule has 0 spiro atoms. The third-order valence-electron chi connectivity index (χ3n) is 1.70. The number of rotatable bonds is 3. The van der Waals surface area contributed by atoms with E-state index in [1.807, 2.05) is 25.1 Å². The van der Waals surface area contributed by atoms with Crippen molar-refractivity contribution in [3.8, 4) is 6.07 Å². The zero-order valence-electron chi connectivity index (χ0n) is 7.79. The van der Waals surface area contributed by atoms with Crippen LogP contribution in [0.15, 0.2) is 18.2 Å². The summed E-state index contributed by atoms with van der Waals surface area (Å²) in [6, 6.07) is 7.81. The van der Waals surface area contributed by atoms with Gasteiger partial charge < -0.3 is 10.1 Å². The highest BCUT2D eigenvalue weighted by atomic mass is 16.5. The number of anilines is 1. The monoisotopic (exact) mass is 176 g/mol. The Morgan fingerprint density at radius 3 is 2.92 bits per heavy atom. The molecule has 0 unspecified atom stereocenters. The van der Waals surface area contributed by atoms with Crippen LogP contribution < -0.4 is 5.32 Å². The fourth-order valence-electron chi connectivity index (χ4n) is 1.05. The Labute approximate surface area is 77.9 Å². The third-order valence-corrected chi connectivity index (χ3v) is 1.70. The van der Waals surface area contributed by atoms with Gasteiger partial charge in [-0.05, 0) is 24.6 Å². The smallest absolute Gasteiger partial charge is 0.116 e. The molecule has 1 aromatic rings. The minimum Gasteiger partial charge on any atom is -0.365 e. The van der Waals surface area contributed by atoms with Gasteiger partial charge in [0, 0.05) is 7.11 Å². The zero-order chi connectivity index (χ0) is 9.68. The number of ether oxygens (including phenoxy) is 1. The largest absolute Gasteiger partial charge is 0.365 e. The van der Waals surface area contributed by atoms with Gasteiger partial charge in [-0.25, -0.2) is 0 Å². The molecule has 1 N–H and O–H groups in total. The van der Waals surface area contributed by atoms with E-state index in [0.717, 1.165) is 11.3 Å². The number of nitriles is 1. The van der Waals surface area contributed by atoms with Crippen LogP contribution in [0.2, 0.25) is 0 Å². The van der Waals surface area contributed by atoms with E-state index >= 15 is 0 Å². The van der Waals surface area contributed by atoms with Crippen LogP contribution in [0.5, 0.6) is 0 Å². The maximum atomic E-state index is 8.81. The summed E-state index contributed by atoms with van der Waals surface area (Å²) < 4.78 is 4.85. The summed E-state index contributed by atoms with van der Waals surface area (Å²) in [5.74, 6) is 0. The molecule has 0 saturated carbocycles. The van der Waals surface area contributed by atoms with Gasteiger partial charge in [-0.1, -0.05) is 6.07 Å². The topological polar surface area (TPSA) is 45.0 Å². The molecule has 0 aromatic heterocycles. The summed E-state index contributed by atoms with van der Waals surface area (Å²) in [5.41, 5.74) is 2.55. The van der Waals surface area contributed by atoms with Gasteiger partial charge in [-0.15, -0.1) is 0 Å². The first-order valence-electron chi connectivity index (χ1n) is 4.01. The molecule has 0 bridgehead atoms. The van der Waals surface area contributed by atoms with Gasteiger partial charge in [0.1, 0.15) is 12.8 Å².